The van der Waals surface area contributed by atoms with Crippen molar-refractivity contribution in [1.29, 1.82) is 0 Å². The third-order valence-corrected chi connectivity index (χ3v) is 2.27. The number of methoxy groups -OCH3 is 1. The summed E-state index contributed by atoms with van der Waals surface area (Å²) in [4.78, 5) is 10.5. The van der Waals surface area contributed by atoms with Gasteiger partial charge in [-0.15, -0.1) is 0 Å². The van der Waals surface area contributed by atoms with Crippen LogP contribution in [-0.4, -0.2) is 18.2 Å². The van der Waals surface area contributed by atoms with Crippen molar-refractivity contribution in [2.24, 2.45) is 0 Å². The molecule has 0 fully saturated rings. The van der Waals surface area contributed by atoms with E-state index in [0.717, 1.165) is 12.1 Å². The topological polar surface area (TPSA) is 46.5 Å². The lowest BCUT2D eigenvalue weighted by atomic mass is 9.96. The molecule has 1 N–H and O–H groups in total. The van der Waals surface area contributed by atoms with Crippen LogP contribution in [0.4, 0.5) is 8.78 Å². The van der Waals surface area contributed by atoms with E-state index in [9.17, 15) is 13.6 Å². The molecule has 0 aliphatic carbocycles. The van der Waals surface area contributed by atoms with E-state index < -0.39 is 23.5 Å². The predicted molar refractivity (Wildman–Crippen MR) is 53.6 cm³/mol. The van der Waals surface area contributed by atoms with Crippen LogP contribution in [0.25, 0.3) is 0 Å². The van der Waals surface area contributed by atoms with Crippen LogP contribution >= 0.6 is 0 Å². The molecule has 1 unspecified atom stereocenters. The predicted octanol–water partition coefficient (Wildman–Crippen LogP) is 2.55. The zero-order valence-corrected chi connectivity index (χ0v) is 8.96. The van der Waals surface area contributed by atoms with Gasteiger partial charge in [-0.25, -0.2) is 8.78 Å². The van der Waals surface area contributed by atoms with Gasteiger partial charge in [0.05, 0.1) is 13.5 Å². The van der Waals surface area contributed by atoms with Crippen LogP contribution in [0.5, 0.6) is 5.75 Å². The summed E-state index contributed by atoms with van der Waals surface area (Å²) in [5.74, 6) is -3.31. The zero-order valence-electron chi connectivity index (χ0n) is 8.96. The fourth-order valence-electron chi connectivity index (χ4n) is 1.58. The molecule has 0 amide bonds. The highest BCUT2D eigenvalue weighted by molar-refractivity contribution is 5.68. The van der Waals surface area contributed by atoms with E-state index in [0.29, 0.717) is 0 Å². The Balaban J connectivity index is 3.19. The molecule has 1 rings (SSSR count). The molecular formula is C11H12F2O3. The number of carboxylic acids is 1. The third-order valence-electron chi connectivity index (χ3n) is 2.27. The Bertz CT molecular complexity index is 404. The Morgan fingerprint density at radius 2 is 2.00 bits per heavy atom. The highest BCUT2D eigenvalue weighted by atomic mass is 19.1. The molecule has 1 aromatic carbocycles. The van der Waals surface area contributed by atoms with E-state index in [1.54, 1.807) is 0 Å². The number of benzene rings is 1. The molecule has 0 aromatic heterocycles. The van der Waals surface area contributed by atoms with Crippen LogP contribution < -0.4 is 4.74 Å². The summed E-state index contributed by atoms with van der Waals surface area (Å²) in [6.07, 6.45) is -0.281. The molecule has 0 saturated heterocycles. The molecule has 0 heterocycles. The highest BCUT2D eigenvalue weighted by Crippen LogP contribution is 2.33. The largest absolute Gasteiger partial charge is 0.493 e. The lowest BCUT2D eigenvalue weighted by Gasteiger charge is -2.15. The van der Waals surface area contributed by atoms with E-state index in [1.807, 2.05) is 0 Å². The molecule has 1 atom stereocenters. The molecule has 0 saturated carbocycles. The zero-order chi connectivity index (χ0) is 12.3. The Hall–Kier alpha value is -1.65. The number of ether oxygens (including phenoxy) is 1. The summed E-state index contributed by atoms with van der Waals surface area (Å²) < 4.78 is 31.5. The monoisotopic (exact) mass is 230 g/mol. The standard InChI is InChI=1S/C11H12F2O3/c1-6(5-9(14)15)10-7(12)3-4-8(13)11(10)16-2/h3-4,6H,5H2,1-2H3,(H,14,15). The van der Waals surface area contributed by atoms with Crippen LogP contribution in [0.15, 0.2) is 12.1 Å². The number of rotatable bonds is 4. The summed E-state index contributed by atoms with van der Waals surface area (Å²) in [5, 5.41) is 8.61. The van der Waals surface area contributed by atoms with Gasteiger partial charge in [-0.3, -0.25) is 4.79 Å². The first-order valence-corrected chi connectivity index (χ1v) is 4.71. The lowest BCUT2D eigenvalue weighted by molar-refractivity contribution is -0.137. The van der Waals surface area contributed by atoms with Crippen molar-refractivity contribution in [2.45, 2.75) is 19.3 Å². The summed E-state index contributed by atoms with van der Waals surface area (Å²) in [7, 11) is 1.22. The van der Waals surface area contributed by atoms with Crippen molar-refractivity contribution in [2.75, 3.05) is 7.11 Å². The van der Waals surface area contributed by atoms with Gasteiger partial charge in [0.1, 0.15) is 5.82 Å². The number of hydrogen-bond donors (Lipinski definition) is 1. The minimum atomic E-state index is -1.07. The van der Waals surface area contributed by atoms with Crippen LogP contribution in [0.1, 0.15) is 24.8 Å². The van der Waals surface area contributed by atoms with Crippen LogP contribution in [0.2, 0.25) is 0 Å². The first-order chi connectivity index (χ1) is 7.47. The molecule has 5 heteroatoms. The molecule has 16 heavy (non-hydrogen) atoms. The van der Waals surface area contributed by atoms with Crippen molar-refractivity contribution < 1.29 is 23.4 Å². The Morgan fingerprint density at radius 3 is 2.50 bits per heavy atom. The third kappa shape index (κ3) is 2.48. The second-order valence-electron chi connectivity index (χ2n) is 3.48. The molecule has 1 aromatic rings. The van der Waals surface area contributed by atoms with Crippen LogP contribution in [-0.2, 0) is 4.79 Å². The molecule has 0 aliphatic heterocycles. The van der Waals surface area contributed by atoms with Gasteiger partial charge in [-0.2, -0.15) is 0 Å². The van der Waals surface area contributed by atoms with Crippen molar-refractivity contribution in [3.63, 3.8) is 0 Å². The van der Waals surface area contributed by atoms with Gasteiger partial charge in [-0.05, 0) is 18.1 Å². The van der Waals surface area contributed by atoms with Crippen molar-refractivity contribution in [1.82, 2.24) is 0 Å². The second-order valence-corrected chi connectivity index (χ2v) is 3.48. The summed E-state index contributed by atoms with van der Waals surface area (Å²) in [6.45, 7) is 1.51. The maximum absolute atomic E-state index is 13.5. The minimum Gasteiger partial charge on any atom is -0.493 e. The number of halogens is 2. The molecule has 0 bridgehead atoms. The molecule has 3 nitrogen and oxygen atoms in total. The van der Waals surface area contributed by atoms with Crippen molar-refractivity contribution >= 4 is 5.97 Å². The van der Waals surface area contributed by atoms with Gasteiger partial charge in [0, 0.05) is 5.56 Å². The number of aliphatic carboxylic acids is 1. The maximum Gasteiger partial charge on any atom is 0.303 e. The molecular weight excluding hydrogens is 218 g/mol. The van der Waals surface area contributed by atoms with Gasteiger partial charge in [0.2, 0.25) is 0 Å². The average Bonchev–Trinajstić information content (AvgIpc) is 2.19. The second kappa shape index (κ2) is 4.92. The maximum atomic E-state index is 13.5. The van der Waals surface area contributed by atoms with Gasteiger partial charge in [0.25, 0.3) is 0 Å². The molecule has 88 valence electrons. The van der Waals surface area contributed by atoms with E-state index >= 15 is 0 Å². The summed E-state index contributed by atoms with van der Waals surface area (Å²) >= 11 is 0. The highest BCUT2D eigenvalue weighted by Gasteiger charge is 2.21. The van der Waals surface area contributed by atoms with Crippen LogP contribution in [0, 0.1) is 11.6 Å². The fourth-order valence-corrected chi connectivity index (χ4v) is 1.58. The number of carbonyl (C=O) groups is 1. The van der Waals surface area contributed by atoms with E-state index in [-0.39, 0.29) is 17.7 Å². The molecule has 0 spiro atoms. The van der Waals surface area contributed by atoms with Gasteiger partial charge >= 0.3 is 5.97 Å². The smallest absolute Gasteiger partial charge is 0.303 e. The average molecular weight is 230 g/mol. The van der Waals surface area contributed by atoms with Crippen molar-refractivity contribution in [3.05, 3.63) is 29.3 Å². The lowest BCUT2D eigenvalue weighted by Crippen LogP contribution is -2.08. The van der Waals surface area contributed by atoms with Gasteiger partial charge in [-0.1, -0.05) is 6.92 Å². The summed E-state index contributed by atoms with van der Waals surface area (Å²) in [6, 6.07) is 1.91. The Labute approximate surface area is 91.7 Å². The SMILES string of the molecule is COc1c(F)ccc(F)c1C(C)CC(=O)O. The first-order valence-electron chi connectivity index (χ1n) is 4.71. The van der Waals surface area contributed by atoms with Gasteiger partial charge < -0.3 is 9.84 Å². The van der Waals surface area contributed by atoms with E-state index in [2.05, 4.69) is 0 Å². The number of carboxylic acid groups (broad SMARTS) is 1. The fraction of sp³-hybridized carbons (Fsp3) is 0.364. The Morgan fingerprint density at radius 1 is 1.44 bits per heavy atom. The quantitative estimate of drug-likeness (QED) is 0.864. The van der Waals surface area contributed by atoms with E-state index in [4.69, 9.17) is 9.84 Å². The van der Waals surface area contributed by atoms with Crippen LogP contribution in [0.3, 0.4) is 0 Å². The summed E-state index contributed by atoms with van der Waals surface area (Å²) in [5.41, 5.74) is -0.0371. The van der Waals surface area contributed by atoms with E-state index in [1.165, 1.54) is 14.0 Å². The van der Waals surface area contributed by atoms with Crippen molar-refractivity contribution in [3.8, 4) is 5.75 Å². The Kier molecular flexibility index (Phi) is 3.82. The molecule has 0 aliphatic rings. The van der Waals surface area contributed by atoms with Gasteiger partial charge in [0.15, 0.2) is 11.6 Å². The molecule has 0 radical (unpaired) electrons. The first kappa shape index (κ1) is 12.4. The normalized spacial score (nSPS) is 12.2. The minimum absolute atomic E-state index is 0.0371. The number of hydrogen-bond acceptors (Lipinski definition) is 2.